The van der Waals surface area contributed by atoms with Gasteiger partial charge < -0.3 is 34.1 Å². The maximum Gasteiger partial charge on any atom is 0.326 e. The van der Waals surface area contributed by atoms with E-state index in [1.165, 1.54) is 6.08 Å². The van der Waals surface area contributed by atoms with Gasteiger partial charge in [0.05, 0.1) is 46.2 Å². The number of rotatable bonds is 22. The van der Waals surface area contributed by atoms with Gasteiger partial charge in [-0.1, -0.05) is 78.9 Å². The largest absolute Gasteiger partial charge is 0.491 e. The maximum atomic E-state index is 12.7. The van der Waals surface area contributed by atoms with Crippen molar-refractivity contribution in [2.24, 2.45) is 0 Å². The summed E-state index contributed by atoms with van der Waals surface area (Å²) >= 11 is 0. The molecule has 0 saturated carbocycles. The monoisotopic (exact) mass is 709 g/mol. The second-order valence-corrected chi connectivity index (χ2v) is 11.6. The average molecular weight is 710 g/mol. The van der Waals surface area contributed by atoms with Crippen LogP contribution in [-0.4, -0.2) is 94.6 Å². The highest BCUT2D eigenvalue weighted by molar-refractivity contribution is 6.46. The first-order valence-electron chi connectivity index (χ1n) is 16.8. The Kier molecular flexibility index (Phi) is 16.4. The van der Waals surface area contributed by atoms with Crippen LogP contribution in [0.4, 0.5) is 0 Å². The molecule has 0 aliphatic heterocycles. The Bertz CT molecular complexity index is 1740. The molecule has 1 atom stereocenters. The minimum Gasteiger partial charge on any atom is -0.491 e. The number of carboxylic acids is 1. The number of methoxy groups -OCH3 is 1. The molecule has 0 bridgehead atoms. The predicted octanol–water partition coefficient (Wildman–Crippen LogP) is 5.31. The highest BCUT2D eigenvalue weighted by Gasteiger charge is 2.24. The Morgan fingerprint density at radius 2 is 1.10 bits per heavy atom. The molecule has 3 aromatic rings. The van der Waals surface area contributed by atoms with Gasteiger partial charge >= 0.3 is 5.97 Å². The first-order chi connectivity index (χ1) is 25.3. The molecule has 11 nitrogen and oxygen atoms in total. The number of amides is 1. The number of nitrogens with one attached hydrogen (secondary N) is 1. The highest BCUT2D eigenvalue weighted by atomic mass is 16.6. The topological polar surface area (TPSA) is 147 Å². The van der Waals surface area contributed by atoms with Crippen molar-refractivity contribution in [1.29, 1.82) is 0 Å². The lowest BCUT2D eigenvalue weighted by molar-refractivity contribution is -0.139. The van der Waals surface area contributed by atoms with Gasteiger partial charge in [-0.25, -0.2) is 4.79 Å². The molecule has 1 aliphatic carbocycles. The predicted molar refractivity (Wildman–Crippen MR) is 198 cm³/mol. The molecule has 4 rings (SSSR count). The summed E-state index contributed by atoms with van der Waals surface area (Å²) in [5, 5.41) is 12.1. The Labute approximate surface area is 303 Å². The molecule has 2 N–H and O–H groups in total. The van der Waals surface area contributed by atoms with E-state index < -0.39 is 29.5 Å². The molecule has 0 saturated heterocycles. The van der Waals surface area contributed by atoms with E-state index in [-0.39, 0.29) is 6.42 Å². The molecule has 0 radical (unpaired) electrons. The van der Waals surface area contributed by atoms with Crippen LogP contribution in [0.5, 0.6) is 5.75 Å². The van der Waals surface area contributed by atoms with E-state index in [2.05, 4.69) is 5.32 Å². The first-order valence-corrected chi connectivity index (χ1v) is 16.8. The second-order valence-electron chi connectivity index (χ2n) is 11.6. The van der Waals surface area contributed by atoms with E-state index in [9.17, 15) is 24.3 Å². The van der Waals surface area contributed by atoms with E-state index in [4.69, 9.17) is 23.7 Å². The van der Waals surface area contributed by atoms with Crippen molar-refractivity contribution in [3.8, 4) is 5.75 Å². The smallest absolute Gasteiger partial charge is 0.326 e. The van der Waals surface area contributed by atoms with E-state index in [0.717, 1.165) is 40.2 Å². The number of hydrogen-bond acceptors (Lipinski definition) is 9. The average Bonchev–Trinajstić information content (AvgIpc) is 3.15. The highest BCUT2D eigenvalue weighted by Crippen LogP contribution is 2.17. The van der Waals surface area contributed by atoms with Crippen LogP contribution in [0.3, 0.4) is 0 Å². The third-order valence-electron chi connectivity index (χ3n) is 7.65. The zero-order valence-electron chi connectivity index (χ0n) is 29.0. The third kappa shape index (κ3) is 14.0. The molecule has 272 valence electrons. The van der Waals surface area contributed by atoms with Gasteiger partial charge in [-0.3, -0.25) is 14.4 Å². The summed E-state index contributed by atoms with van der Waals surface area (Å²) < 4.78 is 27.0. The van der Waals surface area contributed by atoms with Crippen LogP contribution in [-0.2, 0) is 33.3 Å². The zero-order chi connectivity index (χ0) is 37.0. The first kappa shape index (κ1) is 39.3. The quantitative estimate of drug-likeness (QED) is 0.0609. The lowest BCUT2D eigenvalue weighted by Gasteiger charge is -2.16. The fourth-order valence-electron chi connectivity index (χ4n) is 4.78. The second kappa shape index (κ2) is 21.7. The van der Waals surface area contributed by atoms with Crippen molar-refractivity contribution in [1.82, 2.24) is 5.32 Å². The van der Waals surface area contributed by atoms with Crippen LogP contribution < -0.4 is 10.1 Å². The number of carbonyl (C=O) groups excluding carboxylic acids is 3. The van der Waals surface area contributed by atoms with Crippen LogP contribution in [0.25, 0.3) is 24.3 Å². The summed E-state index contributed by atoms with van der Waals surface area (Å²) in [7, 11) is 1.64. The number of carbonyl (C=O) groups is 4. The SMILES string of the molecule is COCCOCCOCCOCCOc1ccc(/C=C/c2ccc(/C=C/c3ccc(C(=O)N[C@@H](CC4=CC(=O)C(=O)C=C4)C(=O)O)cc3)cc2)cc1. The molecule has 52 heavy (non-hydrogen) atoms. The lowest BCUT2D eigenvalue weighted by Crippen LogP contribution is -2.41. The molecular formula is C41H43NO10. The number of hydrogen-bond donors (Lipinski definition) is 2. The van der Waals surface area contributed by atoms with Crippen molar-refractivity contribution >= 4 is 47.7 Å². The normalized spacial score (nSPS) is 13.4. The van der Waals surface area contributed by atoms with Crippen LogP contribution in [0.15, 0.2) is 96.6 Å². The Hall–Kier alpha value is -5.46. The summed E-state index contributed by atoms with van der Waals surface area (Å²) in [5.74, 6) is -2.43. The Balaban J connectivity index is 1.16. The molecule has 0 aromatic heterocycles. The van der Waals surface area contributed by atoms with Gasteiger partial charge in [0.25, 0.3) is 5.91 Å². The number of benzene rings is 3. The summed E-state index contributed by atoms with van der Waals surface area (Å²) in [5.41, 5.74) is 4.59. The van der Waals surface area contributed by atoms with Gasteiger partial charge in [0.1, 0.15) is 18.4 Å². The fraction of sp³-hybridized carbons (Fsp3) is 0.268. The van der Waals surface area contributed by atoms with Crippen LogP contribution in [0.1, 0.15) is 39.0 Å². The molecule has 0 unspecified atom stereocenters. The number of ether oxygens (including phenoxy) is 5. The minimum atomic E-state index is -1.27. The van der Waals surface area contributed by atoms with Crippen molar-refractivity contribution in [2.75, 3.05) is 60.0 Å². The van der Waals surface area contributed by atoms with Crippen molar-refractivity contribution in [3.63, 3.8) is 0 Å². The molecule has 0 fully saturated rings. The summed E-state index contributed by atoms with van der Waals surface area (Å²) in [4.78, 5) is 47.4. The molecule has 0 heterocycles. The van der Waals surface area contributed by atoms with Gasteiger partial charge in [0, 0.05) is 19.1 Å². The van der Waals surface area contributed by atoms with Gasteiger partial charge in [0.2, 0.25) is 11.6 Å². The minimum absolute atomic E-state index is 0.127. The van der Waals surface area contributed by atoms with Gasteiger partial charge in [-0.2, -0.15) is 0 Å². The van der Waals surface area contributed by atoms with Gasteiger partial charge in [-0.15, -0.1) is 0 Å². The van der Waals surface area contributed by atoms with E-state index >= 15 is 0 Å². The van der Waals surface area contributed by atoms with Crippen molar-refractivity contribution < 1.29 is 48.0 Å². The summed E-state index contributed by atoms with van der Waals surface area (Å²) in [6, 6.07) is 21.4. The fourth-order valence-corrected chi connectivity index (χ4v) is 4.78. The van der Waals surface area contributed by atoms with E-state index in [1.807, 2.05) is 72.8 Å². The van der Waals surface area contributed by atoms with Gasteiger partial charge in [0.15, 0.2) is 0 Å². The van der Waals surface area contributed by atoms with E-state index in [0.29, 0.717) is 64.0 Å². The van der Waals surface area contributed by atoms with E-state index in [1.54, 1.807) is 31.4 Å². The van der Waals surface area contributed by atoms with Gasteiger partial charge in [-0.05, 0) is 64.2 Å². The number of allylic oxidation sites excluding steroid dienone is 3. The van der Waals surface area contributed by atoms with Crippen molar-refractivity contribution in [3.05, 3.63) is 124 Å². The molecular weight excluding hydrogens is 666 g/mol. The molecule has 1 aliphatic rings. The number of ketones is 2. The lowest BCUT2D eigenvalue weighted by atomic mass is 9.98. The number of carboxylic acid groups (broad SMARTS) is 1. The zero-order valence-corrected chi connectivity index (χ0v) is 29.0. The maximum absolute atomic E-state index is 12.7. The molecule has 11 heteroatoms. The Morgan fingerprint density at radius 1 is 0.635 bits per heavy atom. The molecule has 1 amide bonds. The van der Waals surface area contributed by atoms with Crippen molar-refractivity contribution in [2.45, 2.75) is 12.5 Å². The van der Waals surface area contributed by atoms with Crippen LogP contribution >= 0.6 is 0 Å². The number of aliphatic carboxylic acids is 1. The van der Waals surface area contributed by atoms with Crippen LogP contribution in [0.2, 0.25) is 0 Å². The standard InChI is InChI=1S/C41H43NO10/c1-48-20-21-49-22-23-50-24-25-51-26-27-52-36-17-12-33(13-18-36)9-7-31-4-2-30(3-5-31)6-8-32-10-15-35(16-11-32)40(45)42-37(41(46)47)28-34-14-19-38(43)39(44)29-34/h2-19,29,37H,20-28H2,1H3,(H,42,45)(H,46,47)/b8-6+,9-7+/t37-/m0/s1. The Morgan fingerprint density at radius 3 is 1.58 bits per heavy atom. The van der Waals surface area contributed by atoms with Crippen LogP contribution in [0, 0.1) is 0 Å². The summed E-state index contributed by atoms with van der Waals surface area (Å²) in [6.45, 7) is 4.11. The molecule has 3 aromatic carbocycles. The third-order valence-corrected chi connectivity index (χ3v) is 7.65. The summed E-state index contributed by atoms with van der Waals surface area (Å²) in [6.07, 6.45) is 11.4. The molecule has 0 spiro atoms.